The number of carbonyl (C=O) groups is 2. The average molecular weight is 341 g/mol. The summed E-state index contributed by atoms with van der Waals surface area (Å²) in [5.74, 6) is 0.255. The highest BCUT2D eigenvalue weighted by molar-refractivity contribution is 6.02. The van der Waals surface area contributed by atoms with Crippen molar-refractivity contribution in [3.8, 4) is 0 Å². The van der Waals surface area contributed by atoms with Crippen molar-refractivity contribution < 1.29 is 9.59 Å². The Bertz CT molecular complexity index is 768. The Kier molecular flexibility index (Phi) is 5.02. The molecule has 7 heteroatoms. The van der Waals surface area contributed by atoms with Gasteiger partial charge in [0.2, 0.25) is 5.91 Å². The van der Waals surface area contributed by atoms with Crippen LogP contribution in [-0.4, -0.2) is 28.3 Å². The molecular weight excluding hydrogens is 318 g/mol. The normalized spacial score (nSPS) is 15.8. The Hall–Kier alpha value is -2.83. The van der Waals surface area contributed by atoms with E-state index in [-0.39, 0.29) is 17.9 Å². The van der Waals surface area contributed by atoms with Gasteiger partial charge in [-0.1, -0.05) is 32.0 Å². The van der Waals surface area contributed by atoms with E-state index in [2.05, 4.69) is 34.9 Å². The molecule has 0 radical (unpaired) electrons. The van der Waals surface area contributed by atoms with Crippen LogP contribution in [0, 0.1) is 5.92 Å². The Morgan fingerprint density at radius 3 is 2.96 bits per heavy atom. The maximum atomic E-state index is 12.0. The fourth-order valence-electron chi connectivity index (χ4n) is 2.97. The van der Waals surface area contributed by atoms with Gasteiger partial charge in [0.15, 0.2) is 0 Å². The van der Waals surface area contributed by atoms with E-state index in [0.717, 1.165) is 17.8 Å². The molecule has 3 amide bonds. The number of nitrogens with zero attached hydrogens (tertiary/aromatic N) is 2. The first-order valence-corrected chi connectivity index (χ1v) is 8.50. The van der Waals surface area contributed by atoms with E-state index in [1.54, 1.807) is 17.1 Å². The number of benzene rings is 1. The molecule has 2 heterocycles. The summed E-state index contributed by atoms with van der Waals surface area (Å²) in [6.07, 6.45) is 3.99. The topological polar surface area (TPSA) is 88.0 Å². The molecule has 0 aliphatic carbocycles. The Morgan fingerprint density at radius 1 is 1.36 bits per heavy atom. The fraction of sp³-hybridized carbons (Fsp3) is 0.389. The summed E-state index contributed by atoms with van der Waals surface area (Å²) in [5.41, 5.74) is 2.51. The summed E-state index contributed by atoms with van der Waals surface area (Å²) in [6, 6.07) is 7.35. The number of anilines is 2. The van der Waals surface area contributed by atoms with Crippen molar-refractivity contribution >= 4 is 23.3 Å². The number of fused-ring (bicyclic) bond motifs is 1. The van der Waals surface area contributed by atoms with Crippen molar-refractivity contribution in [3.05, 3.63) is 42.2 Å². The van der Waals surface area contributed by atoms with Gasteiger partial charge in [0, 0.05) is 25.0 Å². The molecule has 1 atom stereocenters. The second-order valence-corrected chi connectivity index (χ2v) is 6.64. The number of amides is 3. The van der Waals surface area contributed by atoms with Crippen molar-refractivity contribution in [1.82, 2.24) is 15.1 Å². The summed E-state index contributed by atoms with van der Waals surface area (Å²) >= 11 is 0. The Morgan fingerprint density at radius 2 is 2.16 bits per heavy atom. The molecule has 0 saturated carbocycles. The van der Waals surface area contributed by atoms with E-state index in [1.807, 2.05) is 24.3 Å². The molecule has 0 saturated heterocycles. The Balaban J connectivity index is 1.47. The van der Waals surface area contributed by atoms with Crippen molar-refractivity contribution in [2.75, 3.05) is 17.2 Å². The molecule has 25 heavy (non-hydrogen) atoms. The van der Waals surface area contributed by atoms with Crippen LogP contribution in [0.4, 0.5) is 16.2 Å². The highest BCUT2D eigenvalue weighted by atomic mass is 16.2. The third kappa shape index (κ3) is 4.17. The van der Waals surface area contributed by atoms with Crippen LogP contribution < -0.4 is 16.0 Å². The smallest absolute Gasteiger partial charge is 0.319 e. The number of aromatic nitrogens is 2. The molecule has 3 rings (SSSR count). The standard InChI is InChI=1S/C18H23N5O2/c1-12(2)10-23-11-13(9-20-23)21-18(25)19-8-7-15-14-5-3-4-6-16(14)22-17(15)24/h3-6,9,11-12,15H,7-8,10H2,1-2H3,(H,22,24)(H2,19,21,25)/t15-/m1/s1. The number of urea groups is 1. The molecule has 0 unspecified atom stereocenters. The van der Waals surface area contributed by atoms with Crippen LogP contribution in [0.5, 0.6) is 0 Å². The molecule has 3 N–H and O–H groups in total. The monoisotopic (exact) mass is 341 g/mol. The quantitative estimate of drug-likeness (QED) is 0.755. The van der Waals surface area contributed by atoms with E-state index >= 15 is 0 Å². The predicted octanol–water partition coefficient (Wildman–Crippen LogP) is 2.79. The molecule has 1 aromatic heterocycles. The van der Waals surface area contributed by atoms with Crippen LogP contribution in [0.15, 0.2) is 36.7 Å². The van der Waals surface area contributed by atoms with Gasteiger partial charge in [-0.2, -0.15) is 5.10 Å². The van der Waals surface area contributed by atoms with E-state index < -0.39 is 0 Å². The first-order valence-electron chi connectivity index (χ1n) is 8.50. The molecule has 0 fully saturated rings. The SMILES string of the molecule is CC(C)Cn1cc(NC(=O)NCC[C@H]2C(=O)Nc3ccccc32)cn1. The molecule has 2 aromatic rings. The van der Waals surface area contributed by atoms with Gasteiger partial charge in [0.05, 0.1) is 17.8 Å². The van der Waals surface area contributed by atoms with E-state index in [9.17, 15) is 9.59 Å². The predicted molar refractivity (Wildman–Crippen MR) is 96.5 cm³/mol. The van der Waals surface area contributed by atoms with E-state index in [0.29, 0.717) is 24.6 Å². The molecule has 1 aliphatic rings. The van der Waals surface area contributed by atoms with Crippen LogP contribution >= 0.6 is 0 Å². The lowest BCUT2D eigenvalue weighted by Gasteiger charge is -2.10. The maximum absolute atomic E-state index is 12.0. The number of hydrogen-bond acceptors (Lipinski definition) is 3. The van der Waals surface area contributed by atoms with Crippen LogP contribution in [0.3, 0.4) is 0 Å². The van der Waals surface area contributed by atoms with Gasteiger partial charge in [0.1, 0.15) is 0 Å². The summed E-state index contributed by atoms with van der Waals surface area (Å²) in [7, 11) is 0. The van der Waals surface area contributed by atoms with Gasteiger partial charge < -0.3 is 16.0 Å². The number of carbonyl (C=O) groups excluding carboxylic acids is 2. The van der Waals surface area contributed by atoms with Gasteiger partial charge in [-0.3, -0.25) is 9.48 Å². The average Bonchev–Trinajstić information content (AvgIpc) is 3.11. The van der Waals surface area contributed by atoms with Crippen LogP contribution in [0.25, 0.3) is 0 Å². The van der Waals surface area contributed by atoms with E-state index in [4.69, 9.17) is 0 Å². The lowest BCUT2D eigenvalue weighted by molar-refractivity contribution is -0.117. The highest BCUT2D eigenvalue weighted by Gasteiger charge is 2.29. The summed E-state index contributed by atoms with van der Waals surface area (Å²) in [5, 5.41) is 12.6. The minimum absolute atomic E-state index is 0.0154. The second-order valence-electron chi connectivity index (χ2n) is 6.64. The number of nitrogens with one attached hydrogen (secondary N) is 3. The van der Waals surface area contributed by atoms with Crippen molar-refractivity contribution in [3.63, 3.8) is 0 Å². The number of hydrogen-bond donors (Lipinski definition) is 3. The maximum Gasteiger partial charge on any atom is 0.319 e. The second kappa shape index (κ2) is 7.38. The highest BCUT2D eigenvalue weighted by Crippen LogP contribution is 2.33. The minimum Gasteiger partial charge on any atom is -0.338 e. The summed E-state index contributed by atoms with van der Waals surface area (Å²) in [6.45, 7) is 5.44. The molecular formula is C18H23N5O2. The van der Waals surface area contributed by atoms with Crippen LogP contribution in [-0.2, 0) is 11.3 Å². The zero-order valence-corrected chi connectivity index (χ0v) is 14.5. The van der Waals surface area contributed by atoms with Gasteiger partial charge in [-0.05, 0) is 24.0 Å². The van der Waals surface area contributed by atoms with Gasteiger partial charge in [-0.25, -0.2) is 4.79 Å². The largest absolute Gasteiger partial charge is 0.338 e. The van der Waals surface area contributed by atoms with Gasteiger partial charge >= 0.3 is 6.03 Å². The molecule has 1 aromatic carbocycles. The van der Waals surface area contributed by atoms with Crippen molar-refractivity contribution in [2.45, 2.75) is 32.7 Å². The fourth-order valence-corrected chi connectivity index (χ4v) is 2.97. The van der Waals surface area contributed by atoms with E-state index in [1.165, 1.54) is 0 Å². The van der Waals surface area contributed by atoms with Crippen molar-refractivity contribution in [2.24, 2.45) is 5.92 Å². The molecule has 1 aliphatic heterocycles. The molecule has 0 bridgehead atoms. The third-order valence-corrected chi connectivity index (χ3v) is 4.07. The number of rotatable bonds is 6. The zero-order valence-electron chi connectivity index (χ0n) is 14.5. The lowest BCUT2D eigenvalue weighted by atomic mass is 9.97. The minimum atomic E-state index is -0.296. The first kappa shape index (κ1) is 17.0. The summed E-state index contributed by atoms with van der Waals surface area (Å²) in [4.78, 5) is 24.0. The lowest BCUT2D eigenvalue weighted by Crippen LogP contribution is -2.30. The van der Waals surface area contributed by atoms with Crippen molar-refractivity contribution in [1.29, 1.82) is 0 Å². The van der Waals surface area contributed by atoms with Crippen LogP contribution in [0.1, 0.15) is 31.7 Å². The Labute approximate surface area is 146 Å². The summed E-state index contributed by atoms with van der Waals surface area (Å²) < 4.78 is 1.81. The zero-order chi connectivity index (χ0) is 17.8. The third-order valence-electron chi connectivity index (χ3n) is 4.07. The number of para-hydroxylation sites is 1. The van der Waals surface area contributed by atoms with Gasteiger partial charge in [-0.15, -0.1) is 0 Å². The van der Waals surface area contributed by atoms with Crippen LogP contribution in [0.2, 0.25) is 0 Å². The molecule has 132 valence electrons. The first-order chi connectivity index (χ1) is 12.0. The van der Waals surface area contributed by atoms with Gasteiger partial charge in [0.25, 0.3) is 0 Å². The molecule has 0 spiro atoms. The molecule has 7 nitrogen and oxygen atoms in total.